The smallest absolute Gasteiger partial charge is 0.325 e. The van der Waals surface area contributed by atoms with E-state index in [1.807, 2.05) is 28.8 Å². The number of carbonyl (C=O) groups excluding carboxylic acids is 2. The number of esters is 1. The second-order valence-electron chi connectivity index (χ2n) is 8.30. The second-order valence-corrected chi connectivity index (χ2v) is 8.30. The van der Waals surface area contributed by atoms with Gasteiger partial charge in [-0.25, -0.2) is 4.39 Å². The van der Waals surface area contributed by atoms with Crippen LogP contribution in [0, 0.1) is 5.82 Å². The van der Waals surface area contributed by atoms with Gasteiger partial charge in [0.25, 0.3) is 0 Å². The molecule has 1 heterocycles. The molecule has 0 saturated heterocycles. The molecule has 0 spiro atoms. The first-order valence-electron chi connectivity index (χ1n) is 11.4. The molecule has 174 valence electrons. The standard InChI is InChI=1S/C26H29FN2O4/c1-3-33-26(31)16-29-22-11-9-18(27)14-20(22)21-15-19(10-12-23(21)29)28-25(30)13-8-17-6-4-5-7-24(17)32-2/h4-7,9,11,14,19H,3,8,10,12-13,15-16H2,1-2H3,(H,28,30)/t19-/m0/s1. The fraction of sp³-hybridized carbons (Fsp3) is 0.385. The van der Waals surface area contributed by atoms with Crippen LogP contribution in [0.4, 0.5) is 4.39 Å². The highest BCUT2D eigenvalue weighted by Gasteiger charge is 2.27. The number of methoxy groups -OCH3 is 1. The molecule has 0 aliphatic heterocycles. The molecule has 0 radical (unpaired) electrons. The molecule has 0 unspecified atom stereocenters. The van der Waals surface area contributed by atoms with Crippen molar-refractivity contribution in [2.24, 2.45) is 0 Å². The zero-order chi connectivity index (χ0) is 23.4. The van der Waals surface area contributed by atoms with Gasteiger partial charge in [0.15, 0.2) is 0 Å². The predicted octanol–water partition coefficient (Wildman–Crippen LogP) is 3.96. The van der Waals surface area contributed by atoms with Crippen molar-refractivity contribution in [1.29, 1.82) is 0 Å². The van der Waals surface area contributed by atoms with Crippen LogP contribution in [0.1, 0.15) is 36.6 Å². The van der Waals surface area contributed by atoms with E-state index in [2.05, 4.69) is 5.32 Å². The summed E-state index contributed by atoms with van der Waals surface area (Å²) >= 11 is 0. The van der Waals surface area contributed by atoms with Crippen LogP contribution in [-0.4, -0.2) is 36.2 Å². The summed E-state index contributed by atoms with van der Waals surface area (Å²) in [5.41, 5.74) is 3.83. The number of benzene rings is 2. The lowest BCUT2D eigenvalue weighted by molar-refractivity contribution is -0.143. The molecule has 1 amide bonds. The highest BCUT2D eigenvalue weighted by atomic mass is 19.1. The number of rotatable bonds is 8. The molecule has 6 nitrogen and oxygen atoms in total. The number of hydrogen-bond donors (Lipinski definition) is 1. The van der Waals surface area contributed by atoms with Gasteiger partial charge in [0.2, 0.25) is 5.91 Å². The van der Waals surface area contributed by atoms with Gasteiger partial charge in [-0.05, 0) is 68.0 Å². The Morgan fingerprint density at radius 3 is 2.82 bits per heavy atom. The number of fused-ring (bicyclic) bond motifs is 3. The number of nitrogens with zero attached hydrogens (tertiary/aromatic N) is 1. The van der Waals surface area contributed by atoms with E-state index in [-0.39, 0.29) is 30.3 Å². The Kier molecular flexibility index (Phi) is 6.96. The van der Waals surface area contributed by atoms with Crippen molar-refractivity contribution in [3.05, 3.63) is 65.1 Å². The summed E-state index contributed by atoms with van der Waals surface area (Å²) in [5, 5.41) is 3.94. The van der Waals surface area contributed by atoms with E-state index in [0.29, 0.717) is 32.3 Å². The largest absolute Gasteiger partial charge is 0.496 e. The molecule has 33 heavy (non-hydrogen) atoms. The van der Waals surface area contributed by atoms with Gasteiger partial charge in [-0.1, -0.05) is 18.2 Å². The monoisotopic (exact) mass is 452 g/mol. The third kappa shape index (κ3) is 5.02. The van der Waals surface area contributed by atoms with Crippen LogP contribution in [0.3, 0.4) is 0 Å². The Morgan fingerprint density at radius 1 is 1.21 bits per heavy atom. The summed E-state index contributed by atoms with van der Waals surface area (Å²) in [6, 6.07) is 12.3. The Hall–Kier alpha value is -3.35. The highest BCUT2D eigenvalue weighted by Crippen LogP contribution is 2.33. The lowest BCUT2D eigenvalue weighted by Gasteiger charge is -2.25. The van der Waals surface area contributed by atoms with Crippen LogP contribution < -0.4 is 10.1 Å². The fourth-order valence-electron chi connectivity index (χ4n) is 4.72. The molecule has 7 heteroatoms. The van der Waals surface area contributed by atoms with E-state index in [1.165, 1.54) is 12.1 Å². The third-order valence-corrected chi connectivity index (χ3v) is 6.20. The topological polar surface area (TPSA) is 69.6 Å². The molecule has 1 atom stereocenters. The zero-order valence-electron chi connectivity index (χ0n) is 19.0. The molecule has 2 aromatic carbocycles. The van der Waals surface area contributed by atoms with Crippen LogP contribution in [0.25, 0.3) is 10.9 Å². The van der Waals surface area contributed by atoms with Gasteiger partial charge in [-0.15, -0.1) is 0 Å². The molecule has 4 rings (SSSR count). The number of halogens is 1. The van der Waals surface area contributed by atoms with Crippen molar-refractivity contribution >= 4 is 22.8 Å². The van der Waals surface area contributed by atoms with Crippen LogP contribution in [0.15, 0.2) is 42.5 Å². The second kappa shape index (κ2) is 10.1. The van der Waals surface area contributed by atoms with Crippen LogP contribution in [0.2, 0.25) is 0 Å². The van der Waals surface area contributed by atoms with Crippen molar-refractivity contribution in [2.75, 3.05) is 13.7 Å². The van der Waals surface area contributed by atoms with Gasteiger partial charge >= 0.3 is 5.97 Å². The van der Waals surface area contributed by atoms with Crippen molar-refractivity contribution < 1.29 is 23.5 Å². The molecule has 1 aliphatic carbocycles. The van der Waals surface area contributed by atoms with Gasteiger partial charge in [0, 0.05) is 29.1 Å². The maximum Gasteiger partial charge on any atom is 0.325 e. The lowest BCUT2D eigenvalue weighted by Crippen LogP contribution is -2.39. The van der Waals surface area contributed by atoms with E-state index in [1.54, 1.807) is 20.1 Å². The molecule has 3 aromatic rings. The van der Waals surface area contributed by atoms with Gasteiger partial charge in [-0.2, -0.15) is 0 Å². The molecule has 0 bridgehead atoms. The van der Waals surface area contributed by atoms with Crippen molar-refractivity contribution in [3.8, 4) is 5.75 Å². The minimum Gasteiger partial charge on any atom is -0.496 e. The first kappa shape index (κ1) is 22.8. The minimum atomic E-state index is -0.318. The average Bonchev–Trinajstić information content (AvgIpc) is 3.10. The van der Waals surface area contributed by atoms with E-state index in [0.717, 1.165) is 39.9 Å². The first-order chi connectivity index (χ1) is 16.0. The van der Waals surface area contributed by atoms with Crippen LogP contribution in [0.5, 0.6) is 5.75 Å². The summed E-state index contributed by atoms with van der Waals surface area (Å²) in [7, 11) is 1.62. The zero-order valence-corrected chi connectivity index (χ0v) is 19.0. The molecule has 1 aliphatic rings. The van der Waals surface area contributed by atoms with E-state index < -0.39 is 0 Å². The fourth-order valence-corrected chi connectivity index (χ4v) is 4.72. The van der Waals surface area contributed by atoms with Crippen molar-refractivity contribution in [3.63, 3.8) is 0 Å². The number of carbonyl (C=O) groups is 2. The van der Waals surface area contributed by atoms with Crippen molar-refractivity contribution in [1.82, 2.24) is 9.88 Å². The first-order valence-corrected chi connectivity index (χ1v) is 11.4. The van der Waals surface area contributed by atoms with E-state index in [4.69, 9.17) is 9.47 Å². The number of aromatic nitrogens is 1. The number of nitrogens with one attached hydrogen (secondary N) is 1. The SMILES string of the molecule is CCOC(=O)Cn1c2c(c3cc(F)ccc31)C[C@@H](NC(=O)CCc1ccccc1OC)CC2. The summed E-state index contributed by atoms with van der Waals surface area (Å²) in [6.45, 7) is 2.19. The predicted molar refractivity (Wildman–Crippen MR) is 124 cm³/mol. The molecular weight excluding hydrogens is 423 g/mol. The van der Waals surface area contributed by atoms with E-state index in [9.17, 15) is 14.0 Å². The number of aryl methyl sites for hydroxylation is 1. The molecule has 0 fully saturated rings. The summed E-state index contributed by atoms with van der Waals surface area (Å²) in [5.74, 6) is 0.134. The van der Waals surface area contributed by atoms with E-state index >= 15 is 0 Å². The number of ether oxygens (including phenoxy) is 2. The maximum absolute atomic E-state index is 14.0. The normalized spacial score (nSPS) is 15.2. The average molecular weight is 453 g/mol. The molecular formula is C26H29FN2O4. The number of hydrogen-bond acceptors (Lipinski definition) is 4. The number of para-hydroxylation sites is 1. The summed E-state index contributed by atoms with van der Waals surface area (Å²) in [4.78, 5) is 24.8. The Bertz CT molecular complexity index is 1170. The molecule has 1 N–H and O–H groups in total. The Morgan fingerprint density at radius 2 is 2.03 bits per heavy atom. The van der Waals surface area contributed by atoms with Gasteiger partial charge < -0.3 is 19.4 Å². The summed E-state index contributed by atoms with van der Waals surface area (Å²) in [6.07, 6.45) is 3.02. The Balaban J connectivity index is 1.48. The summed E-state index contributed by atoms with van der Waals surface area (Å²) < 4.78 is 26.5. The van der Waals surface area contributed by atoms with Crippen LogP contribution in [-0.2, 0) is 40.1 Å². The van der Waals surface area contributed by atoms with Crippen LogP contribution >= 0.6 is 0 Å². The molecule has 0 saturated carbocycles. The quantitative estimate of drug-likeness (QED) is 0.526. The minimum absolute atomic E-state index is 0.0178. The lowest BCUT2D eigenvalue weighted by atomic mass is 9.91. The Labute approximate surface area is 192 Å². The van der Waals surface area contributed by atoms with Gasteiger partial charge in [-0.3, -0.25) is 9.59 Å². The highest BCUT2D eigenvalue weighted by molar-refractivity contribution is 5.87. The van der Waals surface area contributed by atoms with Gasteiger partial charge in [0.1, 0.15) is 18.1 Å². The van der Waals surface area contributed by atoms with Gasteiger partial charge in [0.05, 0.1) is 13.7 Å². The third-order valence-electron chi connectivity index (χ3n) is 6.20. The molecule has 1 aromatic heterocycles. The van der Waals surface area contributed by atoms with Crippen molar-refractivity contribution in [2.45, 2.75) is 51.6 Å². The maximum atomic E-state index is 14.0. The number of amides is 1.